The third kappa shape index (κ3) is 3.55. The molecule has 2 aliphatic heterocycles. The Balaban J connectivity index is 1.22. The predicted octanol–water partition coefficient (Wildman–Crippen LogP) is 3.94. The number of para-hydroxylation sites is 2. The maximum absolute atomic E-state index is 12.8. The van der Waals surface area contributed by atoms with Gasteiger partial charge in [-0.3, -0.25) is 9.69 Å². The largest absolute Gasteiger partial charge is 0.460 e. The van der Waals surface area contributed by atoms with Gasteiger partial charge in [0.25, 0.3) is 0 Å². The molecule has 29 heavy (non-hydrogen) atoms. The zero-order valence-corrected chi connectivity index (χ0v) is 16.9. The molecule has 2 saturated heterocycles. The number of hydrogen-bond donors (Lipinski definition) is 0. The normalized spacial score (nSPS) is 21.7. The van der Waals surface area contributed by atoms with Gasteiger partial charge >= 0.3 is 5.97 Å². The molecular weight excluding hydrogens is 362 g/mol. The Bertz CT molecular complexity index is 1030. The van der Waals surface area contributed by atoms with Crippen molar-refractivity contribution >= 4 is 17.0 Å². The monoisotopic (exact) mass is 389 g/mol. The Morgan fingerprint density at radius 3 is 2.79 bits per heavy atom. The van der Waals surface area contributed by atoms with E-state index in [-0.39, 0.29) is 17.5 Å². The number of piperidine rings is 1. The van der Waals surface area contributed by atoms with E-state index in [2.05, 4.69) is 51.7 Å². The van der Waals surface area contributed by atoms with E-state index >= 15 is 0 Å². The minimum atomic E-state index is -0.301. The SMILES string of the molecule is Cc1cccc(CN2CCC3(CC2)CC(Cn2cnc4ccccc42)OC3=O)c1. The maximum Gasteiger partial charge on any atom is 0.312 e. The minimum absolute atomic E-state index is 0.00197. The summed E-state index contributed by atoms with van der Waals surface area (Å²) in [5, 5.41) is 0. The van der Waals surface area contributed by atoms with Gasteiger partial charge < -0.3 is 9.30 Å². The first-order valence-electron chi connectivity index (χ1n) is 10.5. The molecule has 0 radical (unpaired) electrons. The highest BCUT2D eigenvalue weighted by Gasteiger charge is 2.50. The van der Waals surface area contributed by atoms with Crippen LogP contribution >= 0.6 is 0 Å². The number of benzene rings is 2. The number of carbonyl (C=O) groups excluding carboxylic acids is 1. The highest BCUT2D eigenvalue weighted by atomic mass is 16.6. The number of likely N-dealkylation sites (tertiary alicyclic amines) is 1. The van der Waals surface area contributed by atoms with Gasteiger partial charge in [-0.15, -0.1) is 0 Å². The van der Waals surface area contributed by atoms with Gasteiger partial charge in [-0.2, -0.15) is 0 Å². The minimum Gasteiger partial charge on any atom is -0.460 e. The molecule has 150 valence electrons. The van der Waals surface area contributed by atoms with Gasteiger partial charge in [-0.25, -0.2) is 4.98 Å². The van der Waals surface area contributed by atoms with Crippen LogP contribution in [0.5, 0.6) is 0 Å². The standard InChI is InChI=1S/C24H27N3O2/c1-18-5-4-6-19(13-18)15-26-11-9-24(10-12-26)14-20(29-23(24)28)16-27-17-25-21-7-2-3-8-22(21)27/h2-8,13,17,20H,9-12,14-16H2,1H3. The highest BCUT2D eigenvalue weighted by molar-refractivity contribution is 5.79. The zero-order valence-electron chi connectivity index (χ0n) is 16.9. The van der Waals surface area contributed by atoms with E-state index in [9.17, 15) is 4.79 Å². The van der Waals surface area contributed by atoms with E-state index in [1.807, 2.05) is 24.5 Å². The van der Waals surface area contributed by atoms with Crippen LogP contribution in [0, 0.1) is 12.3 Å². The van der Waals surface area contributed by atoms with E-state index in [0.29, 0.717) is 6.54 Å². The second-order valence-corrected chi connectivity index (χ2v) is 8.66. The van der Waals surface area contributed by atoms with Crippen LogP contribution in [-0.2, 0) is 22.6 Å². The van der Waals surface area contributed by atoms with Crippen LogP contribution in [0.15, 0.2) is 54.9 Å². The summed E-state index contributed by atoms with van der Waals surface area (Å²) in [6, 6.07) is 16.8. The molecule has 1 aromatic heterocycles. The number of aryl methyl sites for hydroxylation is 1. The van der Waals surface area contributed by atoms with E-state index in [0.717, 1.165) is 49.9 Å². The second-order valence-electron chi connectivity index (χ2n) is 8.66. The quantitative estimate of drug-likeness (QED) is 0.634. The summed E-state index contributed by atoms with van der Waals surface area (Å²) in [6.45, 7) is 5.67. The van der Waals surface area contributed by atoms with Crippen LogP contribution in [-0.4, -0.2) is 39.6 Å². The lowest BCUT2D eigenvalue weighted by Gasteiger charge is -2.36. The topological polar surface area (TPSA) is 47.4 Å². The average Bonchev–Trinajstić information content (AvgIpc) is 3.25. The van der Waals surface area contributed by atoms with E-state index in [1.54, 1.807) is 0 Å². The number of nitrogens with zero attached hydrogens (tertiary/aromatic N) is 3. The van der Waals surface area contributed by atoms with E-state index in [1.165, 1.54) is 11.1 Å². The van der Waals surface area contributed by atoms with E-state index in [4.69, 9.17) is 4.74 Å². The zero-order chi connectivity index (χ0) is 19.8. The third-order valence-electron chi connectivity index (χ3n) is 6.55. The fourth-order valence-corrected chi connectivity index (χ4v) is 4.93. The molecule has 5 nitrogen and oxygen atoms in total. The molecule has 1 atom stereocenters. The number of ether oxygens (including phenoxy) is 1. The van der Waals surface area contributed by atoms with Gasteiger partial charge in [0.15, 0.2) is 0 Å². The van der Waals surface area contributed by atoms with Gasteiger partial charge in [0.1, 0.15) is 6.10 Å². The predicted molar refractivity (Wildman–Crippen MR) is 112 cm³/mol. The summed E-state index contributed by atoms with van der Waals surface area (Å²) < 4.78 is 7.95. The third-order valence-corrected chi connectivity index (χ3v) is 6.55. The average molecular weight is 389 g/mol. The molecule has 2 aromatic carbocycles. The number of cyclic esters (lactones) is 1. The Labute approximate surface area is 171 Å². The fraction of sp³-hybridized carbons (Fsp3) is 0.417. The summed E-state index contributed by atoms with van der Waals surface area (Å²) in [7, 11) is 0. The number of esters is 1. The highest BCUT2D eigenvalue weighted by Crippen LogP contribution is 2.43. The van der Waals surface area contributed by atoms with Crippen LogP contribution in [0.2, 0.25) is 0 Å². The number of rotatable bonds is 4. The van der Waals surface area contributed by atoms with Gasteiger partial charge in [-0.1, -0.05) is 42.0 Å². The van der Waals surface area contributed by atoms with Crippen molar-refractivity contribution in [2.75, 3.05) is 13.1 Å². The van der Waals surface area contributed by atoms with Crippen LogP contribution in [0.3, 0.4) is 0 Å². The summed E-state index contributed by atoms with van der Waals surface area (Å²) in [4.78, 5) is 19.7. The number of carbonyl (C=O) groups is 1. The van der Waals surface area contributed by atoms with Crippen molar-refractivity contribution in [2.24, 2.45) is 5.41 Å². The van der Waals surface area contributed by atoms with Crippen molar-refractivity contribution in [2.45, 2.75) is 45.4 Å². The van der Waals surface area contributed by atoms with Crippen molar-refractivity contribution in [3.63, 3.8) is 0 Å². The fourth-order valence-electron chi connectivity index (χ4n) is 4.93. The molecular formula is C24H27N3O2. The molecule has 0 amide bonds. The summed E-state index contributed by atoms with van der Waals surface area (Å²) in [5.74, 6) is 0.00197. The van der Waals surface area contributed by atoms with Crippen molar-refractivity contribution in [3.8, 4) is 0 Å². The lowest BCUT2D eigenvalue weighted by Crippen LogP contribution is -2.42. The lowest BCUT2D eigenvalue weighted by molar-refractivity contribution is -0.151. The molecule has 2 aliphatic rings. The van der Waals surface area contributed by atoms with Gasteiger partial charge in [0, 0.05) is 13.0 Å². The Hall–Kier alpha value is -2.66. The summed E-state index contributed by atoms with van der Waals surface area (Å²) in [5.41, 5.74) is 4.42. The molecule has 0 saturated carbocycles. The molecule has 5 heteroatoms. The number of fused-ring (bicyclic) bond motifs is 1. The first kappa shape index (κ1) is 18.4. The lowest BCUT2D eigenvalue weighted by atomic mass is 9.76. The van der Waals surface area contributed by atoms with Crippen LogP contribution in [0.1, 0.15) is 30.4 Å². The smallest absolute Gasteiger partial charge is 0.312 e. The van der Waals surface area contributed by atoms with Crippen molar-refractivity contribution < 1.29 is 9.53 Å². The summed E-state index contributed by atoms with van der Waals surface area (Å²) in [6.07, 6.45) is 4.38. The Morgan fingerprint density at radius 1 is 1.14 bits per heavy atom. The van der Waals surface area contributed by atoms with Crippen LogP contribution < -0.4 is 0 Å². The Morgan fingerprint density at radius 2 is 1.97 bits per heavy atom. The first-order chi connectivity index (χ1) is 14.1. The number of aromatic nitrogens is 2. The van der Waals surface area contributed by atoms with Crippen LogP contribution in [0.25, 0.3) is 11.0 Å². The molecule has 0 bridgehead atoms. The maximum atomic E-state index is 12.8. The molecule has 2 fully saturated rings. The molecule has 0 aliphatic carbocycles. The van der Waals surface area contributed by atoms with Gasteiger partial charge in [-0.05, 0) is 50.6 Å². The molecule has 3 heterocycles. The summed E-state index contributed by atoms with van der Waals surface area (Å²) >= 11 is 0. The second kappa shape index (κ2) is 7.30. The van der Waals surface area contributed by atoms with E-state index < -0.39 is 0 Å². The molecule has 5 rings (SSSR count). The van der Waals surface area contributed by atoms with Gasteiger partial charge in [0.05, 0.1) is 29.3 Å². The number of imidazole rings is 1. The number of hydrogen-bond acceptors (Lipinski definition) is 4. The molecule has 3 aromatic rings. The van der Waals surface area contributed by atoms with Crippen molar-refractivity contribution in [1.29, 1.82) is 0 Å². The van der Waals surface area contributed by atoms with Crippen LogP contribution in [0.4, 0.5) is 0 Å². The van der Waals surface area contributed by atoms with Crippen molar-refractivity contribution in [3.05, 3.63) is 66.0 Å². The van der Waals surface area contributed by atoms with Crippen molar-refractivity contribution in [1.82, 2.24) is 14.5 Å². The van der Waals surface area contributed by atoms with Gasteiger partial charge in [0.2, 0.25) is 0 Å². The first-order valence-corrected chi connectivity index (χ1v) is 10.5. The molecule has 1 spiro atoms. The molecule has 0 N–H and O–H groups in total. The Kier molecular flexibility index (Phi) is 4.63. The molecule has 1 unspecified atom stereocenters.